The Morgan fingerprint density at radius 1 is 1.12 bits per heavy atom. The van der Waals surface area contributed by atoms with E-state index in [-0.39, 0.29) is 34.2 Å². The summed E-state index contributed by atoms with van der Waals surface area (Å²) in [5, 5.41) is 12.9. The van der Waals surface area contributed by atoms with Crippen LogP contribution in [-0.2, 0) is 11.0 Å². The molecule has 0 aliphatic heterocycles. The number of halogens is 4. The second-order valence-electron chi connectivity index (χ2n) is 5.27. The van der Waals surface area contributed by atoms with E-state index < -0.39 is 11.7 Å². The Kier molecular flexibility index (Phi) is 5.28. The quantitative estimate of drug-likeness (QED) is 0.845. The van der Waals surface area contributed by atoms with Crippen molar-refractivity contribution in [1.82, 2.24) is 10.2 Å². The summed E-state index contributed by atoms with van der Waals surface area (Å²) in [6.07, 6.45) is -4.47. The largest absolute Gasteiger partial charge is 0.416 e. The molecule has 0 saturated heterocycles. The van der Waals surface area contributed by atoms with Crippen LogP contribution in [0.15, 0.2) is 30.3 Å². The molecule has 2 N–H and O–H groups in total. The molecule has 5 nitrogen and oxygen atoms in total. The van der Waals surface area contributed by atoms with Crippen LogP contribution in [-0.4, -0.2) is 16.1 Å². The van der Waals surface area contributed by atoms with Gasteiger partial charge in [0.05, 0.1) is 16.3 Å². The third-order valence-corrected chi connectivity index (χ3v) is 3.33. The normalized spacial score (nSPS) is 11.5. The van der Waals surface area contributed by atoms with Crippen molar-refractivity contribution >= 4 is 34.8 Å². The van der Waals surface area contributed by atoms with E-state index in [1.807, 2.05) is 0 Å². The lowest BCUT2D eigenvalue weighted by Crippen LogP contribution is -2.18. The van der Waals surface area contributed by atoms with Crippen molar-refractivity contribution < 1.29 is 18.0 Å². The van der Waals surface area contributed by atoms with Gasteiger partial charge in [0.25, 0.3) is 0 Å². The van der Waals surface area contributed by atoms with Crippen LogP contribution < -0.4 is 10.6 Å². The molecule has 0 bridgehead atoms. The predicted octanol–water partition coefficient (Wildman–Crippen LogP) is 4.49. The van der Waals surface area contributed by atoms with E-state index in [0.29, 0.717) is 0 Å². The zero-order valence-electron chi connectivity index (χ0n) is 12.8. The summed E-state index contributed by atoms with van der Waals surface area (Å²) in [6.45, 7) is 3.46. The van der Waals surface area contributed by atoms with Gasteiger partial charge in [-0.3, -0.25) is 4.79 Å². The molecule has 0 radical (unpaired) electrons. The van der Waals surface area contributed by atoms with E-state index in [9.17, 15) is 18.0 Å². The number of nitrogens with one attached hydrogen (secondary N) is 2. The SMILES string of the molecule is CC(C)C(=O)Nc1ccc(Nc2cc(C(F)(F)F)ccc2Cl)nn1. The summed E-state index contributed by atoms with van der Waals surface area (Å²) < 4.78 is 38.2. The summed E-state index contributed by atoms with van der Waals surface area (Å²) in [6, 6.07) is 5.89. The molecular weight excluding hydrogens is 345 g/mol. The topological polar surface area (TPSA) is 66.9 Å². The average molecular weight is 359 g/mol. The van der Waals surface area contributed by atoms with Crippen molar-refractivity contribution in [1.29, 1.82) is 0 Å². The molecule has 24 heavy (non-hydrogen) atoms. The Balaban J connectivity index is 2.15. The highest BCUT2D eigenvalue weighted by Crippen LogP contribution is 2.34. The first-order valence-corrected chi connectivity index (χ1v) is 7.33. The number of rotatable bonds is 4. The average Bonchev–Trinajstić information content (AvgIpc) is 2.50. The summed E-state index contributed by atoms with van der Waals surface area (Å²) in [4.78, 5) is 11.5. The first kappa shape index (κ1) is 18.0. The van der Waals surface area contributed by atoms with Gasteiger partial charge >= 0.3 is 6.18 Å². The van der Waals surface area contributed by atoms with Crippen molar-refractivity contribution in [2.45, 2.75) is 20.0 Å². The van der Waals surface area contributed by atoms with Gasteiger partial charge in [0.2, 0.25) is 5.91 Å². The van der Waals surface area contributed by atoms with E-state index in [1.54, 1.807) is 13.8 Å². The van der Waals surface area contributed by atoms with E-state index in [0.717, 1.165) is 18.2 Å². The molecule has 0 spiro atoms. The molecule has 1 heterocycles. The van der Waals surface area contributed by atoms with Crippen LogP contribution in [0.4, 0.5) is 30.5 Å². The zero-order valence-corrected chi connectivity index (χ0v) is 13.5. The number of aromatic nitrogens is 2. The maximum atomic E-state index is 12.7. The van der Waals surface area contributed by atoms with Gasteiger partial charge in [0.15, 0.2) is 11.6 Å². The van der Waals surface area contributed by atoms with Crippen molar-refractivity contribution in [2.75, 3.05) is 10.6 Å². The standard InChI is InChI=1S/C15H14ClF3N4O/c1-8(2)14(24)21-13-6-5-12(22-23-13)20-11-7-9(15(17,18)19)3-4-10(11)16/h3-8H,1-2H3,(H,20,22)(H,21,23,24). The molecule has 9 heteroatoms. The molecule has 0 saturated carbocycles. The molecule has 0 aliphatic rings. The molecule has 0 atom stereocenters. The van der Waals surface area contributed by atoms with Crippen LogP contribution in [0.5, 0.6) is 0 Å². The number of amides is 1. The van der Waals surface area contributed by atoms with Gasteiger partial charge in [0, 0.05) is 5.92 Å². The molecule has 1 aromatic carbocycles. The fourth-order valence-electron chi connectivity index (χ4n) is 1.67. The van der Waals surface area contributed by atoms with Crippen LogP contribution in [0.3, 0.4) is 0 Å². The number of nitrogens with zero attached hydrogens (tertiary/aromatic N) is 2. The summed E-state index contributed by atoms with van der Waals surface area (Å²) in [5.41, 5.74) is -0.775. The molecule has 1 amide bonds. The molecule has 2 rings (SSSR count). The smallest absolute Gasteiger partial charge is 0.338 e. The lowest BCUT2D eigenvalue weighted by Gasteiger charge is -2.12. The number of hydrogen-bond acceptors (Lipinski definition) is 4. The minimum Gasteiger partial charge on any atom is -0.338 e. The van der Waals surface area contributed by atoms with Crippen molar-refractivity contribution in [2.24, 2.45) is 5.92 Å². The second kappa shape index (κ2) is 7.04. The fourth-order valence-corrected chi connectivity index (χ4v) is 1.84. The van der Waals surface area contributed by atoms with Crippen molar-refractivity contribution in [3.63, 3.8) is 0 Å². The summed E-state index contributed by atoms with van der Waals surface area (Å²) in [7, 11) is 0. The first-order chi connectivity index (χ1) is 11.2. The second-order valence-corrected chi connectivity index (χ2v) is 5.67. The summed E-state index contributed by atoms with van der Waals surface area (Å²) in [5.74, 6) is 0.00704. The van der Waals surface area contributed by atoms with E-state index in [2.05, 4.69) is 20.8 Å². The predicted molar refractivity (Wildman–Crippen MR) is 85.2 cm³/mol. The van der Waals surface area contributed by atoms with Crippen molar-refractivity contribution in [3.05, 3.63) is 40.9 Å². The van der Waals surface area contributed by atoms with Crippen LogP contribution >= 0.6 is 11.6 Å². The fraction of sp³-hybridized carbons (Fsp3) is 0.267. The number of anilines is 3. The Morgan fingerprint density at radius 2 is 1.75 bits per heavy atom. The van der Waals surface area contributed by atoms with Gasteiger partial charge in [-0.1, -0.05) is 25.4 Å². The summed E-state index contributed by atoms with van der Waals surface area (Å²) >= 11 is 5.90. The molecule has 0 aliphatic carbocycles. The highest BCUT2D eigenvalue weighted by atomic mass is 35.5. The molecule has 2 aromatic rings. The third kappa shape index (κ3) is 4.58. The Morgan fingerprint density at radius 3 is 2.29 bits per heavy atom. The van der Waals surface area contributed by atoms with Gasteiger partial charge < -0.3 is 10.6 Å². The van der Waals surface area contributed by atoms with Gasteiger partial charge in [0.1, 0.15) is 0 Å². The number of alkyl halides is 3. The van der Waals surface area contributed by atoms with Crippen molar-refractivity contribution in [3.8, 4) is 0 Å². The Labute approximate surface area is 141 Å². The van der Waals surface area contributed by atoms with E-state index >= 15 is 0 Å². The third-order valence-electron chi connectivity index (χ3n) is 3.00. The highest BCUT2D eigenvalue weighted by molar-refractivity contribution is 6.33. The van der Waals surface area contributed by atoms with E-state index in [1.165, 1.54) is 12.1 Å². The lowest BCUT2D eigenvalue weighted by atomic mass is 10.2. The van der Waals surface area contributed by atoms with Crippen LogP contribution in [0.1, 0.15) is 19.4 Å². The van der Waals surface area contributed by atoms with Gasteiger partial charge in [-0.2, -0.15) is 13.2 Å². The van der Waals surface area contributed by atoms with Gasteiger partial charge in [-0.25, -0.2) is 0 Å². The number of hydrogen-bond donors (Lipinski definition) is 2. The minimum atomic E-state index is -4.47. The van der Waals surface area contributed by atoms with E-state index in [4.69, 9.17) is 11.6 Å². The minimum absolute atomic E-state index is 0.0553. The monoisotopic (exact) mass is 358 g/mol. The molecule has 1 aromatic heterocycles. The molecule has 0 fully saturated rings. The Bertz CT molecular complexity index is 732. The number of carbonyl (C=O) groups is 1. The highest BCUT2D eigenvalue weighted by Gasteiger charge is 2.31. The number of benzene rings is 1. The molecular formula is C15H14ClF3N4O. The van der Waals surface area contributed by atoms with Gasteiger partial charge in [-0.15, -0.1) is 10.2 Å². The zero-order chi connectivity index (χ0) is 17.9. The maximum absolute atomic E-state index is 12.7. The van der Waals surface area contributed by atoms with Crippen LogP contribution in [0.25, 0.3) is 0 Å². The first-order valence-electron chi connectivity index (χ1n) is 6.95. The van der Waals surface area contributed by atoms with Gasteiger partial charge in [-0.05, 0) is 30.3 Å². The molecule has 128 valence electrons. The maximum Gasteiger partial charge on any atom is 0.416 e. The Hall–Kier alpha value is -2.35. The van der Waals surface area contributed by atoms with Crippen LogP contribution in [0.2, 0.25) is 5.02 Å². The number of carbonyl (C=O) groups excluding carboxylic acids is 1. The molecule has 0 unspecified atom stereocenters. The lowest BCUT2D eigenvalue weighted by molar-refractivity contribution is -0.137. The van der Waals surface area contributed by atoms with Crippen LogP contribution in [0, 0.1) is 5.92 Å².